The lowest BCUT2D eigenvalue weighted by molar-refractivity contribution is 0.357. The fourth-order valence-electron chi connectivity index (χ4n) is 1.96. The number of thioether (sulfide) groups is 1. The molecule has 94 valence electrons. The Morgan fingerprint density at radius 3 is 3.12 bits per heavy atom. The minimum Gasteiger partial charge on any atom is -0.493 e. The maximum Gasteiger partial charge on any atom is 0.122 e. The molecule has 2 rings (SSSR count). The number of hydrogen-bond acceptors (Lipinski definition) is 3. The molecule has 0 saturated carbocycles. The van der Waals surface area contributed by atoms with E-state index in [4.69, 9.17) is 10.5 Å². The van der Waals surface area contributed by atoms with Crippen LogP contribution in [-0.2, 0) is 12.8 Å². The molecule has 17 heavy (non-hydrogen) atoms. The average molecular weight is 251 g/mol. The van der Waals surface area contributed by atoms with E-state index in [9.17, 15) is 0 Å². The van der Waals surface area contributed by atoms with Crippen LogP contribution < -0.4 is 10.5 Å². The van der Waals surface area contributed by atoms with Gasteiger partial charge in [0.15, 0.2) is 0 Å². The summed E-state index contributed by atoms with van der Waals surface area (Å²) >= 11 is 2.00. The summed E-state index contributed by atoms with van der Waals surface area (Å²) in [6, 6.07) is 6.94. The number of hydrogen-bond donors (Lipinski definition) is 1. The normalized spacial score (nSPS) is 15.4. The minimum atomic E-state index is 0.333. The third-order valence-electron chi connectivity index (χ3n) is 3.01. The van der Waals surface area contributed by atoms with Crippen molar-refractivity contribution in [1.82, 2.24) is 0 Å². The molecule has 2 nitrogen and oxygen atoms in total. The SMILES string of the molecule is CC(N)CCSCCc1ccc2c(c1)CCO2. The van der Waals surface area contributed by atoms with Crippen LogP contribution in [0.15, 0.2) is 18.2 Å². The smallest absolute Gasteiger partial charge is 0.122 e. The van der Waals surface area contributed by atoms with Gasteiger partial charge in [-0.25, -0.2) is 0 Å². The van der Waals surface area contributed by atoms with Crippen molar-refractivity contribution in [2.45, 2.75) is 32.2 Å². The molecule has 0 aromatic heterocycles. The number of benzene rings is 1. The topological polar surface area (TPSA) is 35.2 Å². The Morgan fingerprint density at radius 1 is 1.41 bits per heavy atom. The molecule has 3 heteroatoms. The molecule has 0 saturated heterocycles. The highest BCUT2D eigenvalue weighted by molar-refractivity contribution is 7.99. The van der Waals surface area contributed by atoms with Crippen LogP contribution in [0, 0.1) is 0 Å². The molecular formula is C14H21NOS. The molecular weight excluding hydrogens is 230 g/mol. The van der Waals surface area contributed by atoms with Crippen LogP contribution in [0.4, 0.5) is 0 Å². The van der Waals surface area contributed by atoms with E-state index < -0.39 is 0 Å². The van der Waals surface area contributed by atoms with Gasteiger partial charge >= 0.3 is 0 Å². The maximum atomic E-state index is 5.72. The molecule has 1 aliphatic rings. The van der Waals surface area contributed by atoms with Gasteiger partial charge in [-0.3, -0.25) is 0 Å². The van der Waals surface area contributed by atoms with Crippen molar-refractivity contribution in [3.63, 3.8) is 0 Å². The number of aryl methyl sites for hydroxylation is 1. The Balaban J connectivity index is 1.72. The van der Waals surface area contributed by atoms with E-state index in [1.54, 1.807) is 0 Å². The highest BCUT2D eigenvalue weighted by atomic mass is 32.2. The first-order chi connectivity index (χ1) is 8.25. The number of nitrogens with two attached hydrogens (primary N) is 1. The standard InChI is InChI=1S/C14H21NOS/c1-11(15)5-8-17-9-6-12-2-3-14-13(10-12)4-7-16-14/h2-3,10-11H,4-9,15H2,1H3. The molecule has 0 aliphatic carbocycles. The number of fused-ring (bicyclic) bond motifs is 1. The van der Waals surface area contributed by atoms with Crippen LogP contribution in [0.25, 0.3) is 0 Å². The molecule has 1 heterocycles. The van der Waals surface area contributed by atoms with E-state index in [0.29, 0.717) is 6.04 Å². The summed E-state index contributed by atoms with van der Waals surface area (Å²) in [5.74, 6) is 3.44. The predicted octanol–water partition coefficient (Wildman–Crippen LogP) is 2.63. The van der Waals surface area contributed by atoms with Crippen LogP contribution in [0.2, 0.25) is 0 Å². The first kappa shape index (κ1) is 12.8. The third kappa shape index (κ3) is 3.93. The van der Waals surface area contributed by atoms with Gasteiger partial charge in [-0.15, -0.1) is 0 Å². The summed E-state index contributed by atoms with van der Waals surface area (Å²) in [7, 11) is 0. The highest BCUT2D eigenvalue weighted by Crippen LogP contribution is 2.26. The van der Waals surface area contributed by atoms with E-state index in [-0.39, 0.29) is 0 Å². The highest BCUT2D eigenvalue weighted by Gasteiger charge is 2.11. The van der Waals surface area contributed by atoms with Crippen LogP contribution in [0.3, 0.4) is 0 Å². The molecule has 0 bridgehead atoms. The molecule has 1 aliphatic heterocycles. The quantitative estimate of drug-likeness (QED) is 0.789. The second-order valence-corrected chi connectivity index (χ2v) is 5.89. The van der Waals surface area contributed by atoms with Crippen LogP contribution in [-0.4, -0.2) is 24.2 Å². The van der Waals surface area contributed by atoms with Gasteiger partial charge in [0.1, 0.15) is 5.75 Å². The van der Waals surface area contributed by atoms with Gasteiger partial charge in [-0.05, 0) is 48.5 Å². The van der Waals surface area contributed by atoms with Gasteiger partial charge in [-0.2, -0.15) is 11.8 Å². The predicted molar refractivity (Wildman–Crippen MR) is 74.9 cm³/mol. The second-order valence-electron chi connectivity index (χ2n) is 4.67. The van der Waals surface area contributed by atoms with Gasteiger partial charge in [-0.1, -0.05) is 12.1 Å². The Hall–Kier alpha value is -0.670. The first-order valence-electron chi connectivity index (χ1n) is 6.33. The van der Waals surface area contributed by atoms with Crippen molar-refractivity contribution >= 4 is 11.8 Å². The third-order valence-corrected chi connectivity index (χ3v) is 4.02. The van der Waals surface area contributed by atoms with E-state index in [0.717, 1.165) is 31.6 Å². The molecule has 1 unspecified atom stereocenters. The molecule has 2 N–H and O–H groups in total. The first-order valence-corrected chi connectivity index (χ1v) is 7.49. The molecule has 1 aromatic carbocycles. The Bertz CT molecular complexity index is 365. The Kier molecular flexibility index (Phi) is 4.75. The fraction of sp³-hybridized carbons (Fsp3) is 0.571. The van der Waals surface area contributed by atoms with E-state index in [1.807, 2.05) is 11.8 Å². The zero-order chi connectivity index (χ0) is 12.1. The zero-order valence-electron chi connectivity index (χ0n) is 10.4. The lowest BCUT2D eigenvalue weighted by Gasteiger charge is -2.06. The van der Waals surface area contributed by atoms with Crippen LogP contribution in [0.1, 0.15) is 24.5 Å². The summed E-state index contributed by atoms with van der Waals surface area (Å²) in [4.78, 5) is 0. The fourth-order valence-corrected chi connectivity index (χ4v) is 3.08. The summed E-state index contributed by atoms with van der Waals surface area (Å²) in [6.45, 7) is 2.92. The summed E-state index contributed by atoms with van der Waals surface area (Å²) in [6.07, 6.45) is 3.33. The van der Waals surface area contributed by atoms with E-state index in [1.165, 1.54) is 22.6 Å². The summed E-state index contributed by atoms with van der Waals surface area (Å²) in [5, 5.41) is 0. The van der Waals surface area contributed by atoms with Gasteiger partial charge in [0.2, 0.25) is 0 Å². The number of ether oxygens (including phenoxy) is 1. The van der Waals surface area contributed by atoms with Crippen molar-refractivity contribution in [2.75, 3.05) is 18.1 Å². The van der Waals surface area contributed by atoms with Crippen molar-refractivity contribution in [3.8, 4) is 5.75 Å². The lowest BCUT2D eigenvalue weighted by atomic mass is 10.1. The molecule has 1 aromatic rings. The zero-order valence-corrected chi connectivity index (χ0v) is 11.3. The van der Waals surface area contributed by atoms with Crippen molar-refractivity contribution in [2.24, 2.45) is 5.73 Å². The molecule has 0 radical (unpaired) electrons. The van der Waals surface area contributed by atoms with Crippen LogP contribution in [0.5, 0.6) is 5.75 Å². The minimum absolute atomic E-state index is 0.333. The molecule has 0 spiro atoms. The molecule has 1 atom stereocenters. The van der Waals surface area contributed by atoms with Gasteiger partial charge < -0.3 is 10.5 Å². The Labute approximate surface area is 108 Å². The molecule has 0 amide bonds. The summed E-state index contributed by atoms with van der Waals surface area (Å²) < 4.78 is 5.50. The van der Waals surface area contributed by atoms with Crippen LogP contribution >= 0.6 is 11.8 Å². The van der Waals surface area contributed by atoms with Gasteiger partial charge in [0, 0.05) is 12.5 Å². The van der Waals surface area contributed by atoms with E-state index in [2.05, 4.69) is 25.1 Å². The van der Waals surface area contributed by atoms with Crippen molar-refractivity contribution in [1.29, 1.82) is 0 Å². The Morgan fingerprint density at radius 2 is 2.29 bits per heavy atom. The average Bonchev–Trinajstić information content (AvgIpc) is 2.75. The summed E-state index contributed by atoms with van der Waals surface area (Å²) in [5.41, 5.74) is 8.53. The van der Waals surface area contributed by atoms with Crippen molar-refractivity contribution in [3.05, 3.63) is 29.3 Å². The monoisotopic (exact) mass is 251 g/mol. The van der Waals surface area contributed by atoms with Gasteiger partial charge in [0.05, 0.1) is 6.61 Å². The lowest BCUT2D eigenvalue weighted by Crippen LogP contribution is -2.15. The second kappa shape index (κ2) is 6.31. The van der Waals surface area contributed by atoms with Crippen molar-refractivity contribution < 1.29 is 4.74 Å². The maximum absolute atomic E-state index is 5.72. The molecule has 0 fully saturated rings. The van der Waals surface area contributed by atoms with Gasteiger partial charge in [0.25, 0.3) is 0 Å². The largest absolute Gasteiger partial charge is 0.493 e. The van der Waals surface area contributed by atoms with E-state index >= 15 is 0 Å². The number of rotatable bonds is 6.